The summed E-state index contributed by atoms with van der Waals surface area (Å²) in [6, 6.07) is 0.358. The van der Waals surface area contributed by atoms with Crippen molar-refractivity contribution in [3.05, 3.63) is 0 Å². The summed E-state index contributed by atoms with van der Waals surface area (Å²) in [6.07, 6.45) is 3.42. The standard InChI is InChI=1S/C9H21NOS/c1-3-7-12-8-9(10)5-4-6-11-2/h9H,3-8,10H2,1-2H3. The molecule has 0 aromatic carbocycles. The zero-order valence-electron chi connectivity index (χ0n) is 8.21. The van der Waals surface area contributed by atoms with Crippen molar-refractivity contribution in [2.45, 2.75) is 32.2 Å². The van der Waals surface area contributed by atoms with Crippen LogP contribution in [0.5, 0.6) is 0 Å². The molecule has 0 fully saturated rings. The summed E-state index contributed by atoms with van der Waals surface area (Å²) in [6.45, 7) is 3.04. The number of rotatable bonds is 8. The Morgan fingerprint density at radius 3 is 2.83 bits per heavy atom. The van der Waals surface area contributed by atoms with Crippen molar-refractivity contribution < 1.29 is 4.74 Å². The van der Waals surface area contributed by atoms with Crippen LogP contribution in [0.2, 0.25) is 0 Å². The number of thioether (sulfide) groups is 1. The second kappa shape index (κ2) is 9.36. The molecule has 2 nitrogen and oxygen atoms in total. The van der Waals surface area contributed by atoms with E-state index in [9.17, 15) is 0 Å². The van der Waals surface area contributed by atoms with Crippen molar-refractivity contribution in [1.29, 1.82) is 0 Å². The Labute approximate surface area is 80.2 Å². The third-order valence-electron chi connectivity index (χ3n) is 1.60. The van der Waals surface area contributed by atoms with E-state index in [-0.39, 0.29) is 0 Å². The van der Waals surface area contributed by atoms with Gasteiger partial charge in [0.15, 0.2) is 0 Å². The summed E-state index contributed by atoms with van der Waals surface area (Å²) in [4.78, 5) is 0. The van der Waals surface area contributed by atoms with Crippen LogP contribution in [0.4, 0.5) is 0 Å². The molecule has 0 spiro atoms. The van der Waals surface area contributed by atoms with E-state index in [0.29, 0.717) is 6.04 Å². The molecule has 0 bridgehead atoms. The van der Waals surface area contributed by atoms with Crippen LogP contribution in [-0.4, -0.2) is 31.3 Å². The Balaban J connectivity index is 3.04. The van der Waals surface area contributed by atoms with Crippen LogP contribution in [-0.2, 0) is 4.74 Å². The lowest BCUT2D eigenvalue weighted by Crippen LogP contribution is -2.23. The van der Waals surface area contributed by atoms with E-state index < -0.39 is 0 Å². The minimum absolute atomic E-state index is 0.358. The molecule has 2 N–H and O–H groups in total. The lowest BCUT2D eigenvalue weighted by Gasteiger charge is -2.09. The molecule has 0 saturated carbocycles. The van der Waals surface area contributed by atoms with Gasteiger partial charge in [-0.15, -0.1) is 0 Å². The van der Waals surface area contributed by atoms with Gasteiger partial charge in [0, 0.05) is 25.5 Å². The zero-order valence-corrected chi connectivity index (χ0v) is 9.03. The Morgan fingerprint density at radius 1 is 1.50 bits per heavy atom. The fourth-order valence-electron chi connectivity index (χ4n) is 0.952. The topological polar surface area (TPSA) is 35.2 Å². The van der Waals surface area contributed by atoms with Gasteiger partial charge < -0.3 is 10.5 Å². The predicted octanol–water partition coefficient (Wildman–Crippen LogP) is 1.88. The highest BCUT2D eigenvalue weighted by molar-refractivity contribution is 7.99. The summed E-state index contributed by atoms with van der Waals surface area (Å²) in [5, 5.41) is 0. The Hall–Kier alpha value is 0.270. The average Bonchev–Trinajstić information content (AvgIpc) is 2.06. The Kier molecular flexibility index (Phi) is 9.57. The van der Waals surface area contributed by atoms with Gasteiger partial charge in [-0.05, 0) is 25.0 Å². The third kappa shape index (κ3) is 8.37. The van der Waals surface area contributed by atoms with E-state index in [0.717, 1.165) is 25.2 Å². The number of hydrogen-bond acceptors (Lipinski definition) is 3. The van der Waals surface area contributed by atoms with Crippen LogP contribution >= 0.6 is 11.8 Å². The van der Waals surface area contributed by atoms with Gasteiger partial charge in [-0.3, -0.25) is 0 Å². The largest absolute Gasteiger partial charge is 0.385 e. The molecule has 0 amide bonds. The summed E-state index contributed by atoms with van der Waals surface area (Å²) >= 11 is 1.95. The van der Waals surface area contributed by atoms with Crippen LogP contribution in [0.3, 0.4) is 0 Å². The normalized spacial score (nSPS) is 13.2. The third-order valence-corrected chi connectivity index (χ3v) is 2.96. The molecule has 0 aliphatic heterocycles. The molecule has 0 saturated heterocycles. The summed E-state index contributed by atoms with van der Waals surface area (Å²) in [7, 11) is 1.73. The van der Waals surface area contributed by atoms with E-state index in [1.165, 1.54) is 12.2 Å². The molecule has 0 radical (unpaired) electrons. The second-order valence-corrected chi connectivity index (χ2v) is 4.12. The first-order chi connectivity index (χ1) is 5.81. The molecule has 12 heavy (non-hydrogen) atoms. The summed E-state index contributed by atoms with van der Waals surface area (Å²) in [5.74, 6) is 2.33. The molecule has 0 aromatic rings. The number of hydrogen-bond donors (Lipinski definition) is 1. The van der Waals surface area contributed by atoms with Crippen molar-refractivity contribution in [3.8, 4) is 0 Å². The van der Waals surface area contributed by atoms with Crippen LogP contribution in [0.1, 0.15) is 26.2 Å². The molecule has 0 heterocycles. The van der Waals surface area contributed by atoms with Crippen molar-refractivity contribution in [3.63, 3.8) is 0 Å². The maximum atomic E-state index is 5.88. The minimum Gasteiger partial charge on any atom is -0.385 e. The maximum Gasteiger partial charge on any atom is 0.0462 e. The van der Waals surface area contributed by atoms with E-state index in [2.05, 4.69) is 6.92 Å². The fourth-order valence-corrected chi connectivity index (χ4v) is 1.88. The van der Waals surface area contributed by atoms with Crippen LogP contribution in [0.15, 0.2) is 0 Å². The molecule has 0 aliphatic carbocycles. The first-order valence-electron chi connectivity index (χ1n) is 4.63. The van der Waals surface area contributed by atoms with Crippen LogP contribution < -0.4 is 5.73 Å². The molecule has 3 heteroatoms. The molecule has 0 aromatic heterocycles. The second-order valence-electron chi connectivity index (χ2n) is 2.97. The number of methoxy groups -OCH3 is 1. The van der Waals surface area contributed by atoms with Gasteiger partial charge in [0.25, 0.3) is 0 Å². The van der Waals surface area contributed by atoms with E-state index >= 15 is 0 Å². The highest BCUT2D eigenvalue weighted by atomic mass is 32.2. The molecular weight excluding hydrogens is 170 g/mol. The van der Waals surface area contributed by atoms with Crippen molar-refractivity contribution in [2.75, 3.05) is 25.2 Å². The van der Waals surface area contributed by atoms with Crippen molar-refractivity contribution in [2.24, 2.45) is 5.73 Å². The zero-order chi connectivity index (χ0) is 9.23. The molecule has 74 valence electrons. The summed E-state index contributed by atoms with van der Waals surface area (Å²) in [5.41, 5.74) is 5.88. The average molecular weight is 191 g/mol. The number of nitrogens with two attached hydrogens (primary N) is 1. The highest BCUT2D eigenvalue weighted by Gasteiger charge is 2.01. The lowest BCUT2D eigenvalue weighted by atomic mass is 10.2. The van der Waals surface area contributed by atoms with Gasteiger partial charge in [-0.2, -0.15) is 11.8 Å². The van der Waals surface area contributed by atoms with Crippen molar-refractivity contribution in [1.82, 2.24) is 0 Å². The summed E-state index contributed by atoms with van der Waals surface area (Å²) < 4.78 is 4.96. The van der Waals surface area contributed by atoms with Gasteiger partial charge in [-0.1, -0.05) is 6.92 Å². The highest BCUT2D eigenvalue weighted by Crippen LogP contribution is 2.06. The van der Waals surface area contributed by atoms with E-state index in [1.807, 2.05) is 11.8 Å². The fraction of sp³-hybridized carbons (Fsp3) is 1.00. The molecular formula is C9H21NOS. The quantitative estimate of drug-likeness (QED) is 0.595. The molecule has 0 rings (SSSR count). The van der Waals surface area contributed by atoms with Gasteiger partial charge >= 0.3 is 0 Å². The smallest absolute Gasteiger partial charge is 0.0462 e. The first-order valence-corrected chi connectivity index (χ1v) is 5.79. The SMILES string of the molecule is CCCSCC(N)CCCOC. The minimum atomic E-state index is 0.358. The van der Waals surface area contributed by atoms with Gasteiger partial charge in [0.05, 0.1) is 0 Å². The van der Waals surface area contributed by atoms with Gasteiger partial charge in [0.1, 0.15) is 0 Å². The maximum absolute atomic E-state index is 5.88. The monoisotopic (exact) mass is 191 g/mol. The molecule has 1 unspecified atom stereocenters. The molecule has 0 aliphatic rings. The van der Waals surface area contributed by atoms with Crippen LogP contribution in [0, 0.1) is 0 Å². The van der Waals surface area contributed by atoms with Crippen LogP contribution in [0.25, 0.3) is 0 Å². The molecule has 1 atom stereocenters. The van der Waals surface area contributed by atoms with E-state index in [1.54, 1.807) is 7.11 Å². The van der Waals surface area contributed by atoms with E-state index in [4.69, 9.17) is 10.5 Å². The Morgan fingerprint density at radius 2 is 2.25 bits per heavy atom. The van der Waals surface area contributed by atoms with Gasteiger partial charge in [0.2, 0.25) is 0 Å². The first kappa shape index (κ1) is 12.3. The number of ether oxygens (including phenoxy) is 1. The van der Waals surface area contributed by atoms with Crippen molar-refractivity contribution >= 4 is 11.8 Å². The predicted molar refractivity (Wildman–Crippen MR) is 56.7 cm³/mol. The van der Waals surface area contributed by atoms with Gasteiger partial charge in [-0.25, -0.2) is 0 Å². The lowest BCUT2D eigenvalue weighted by molar-refractivity contribution is 0.191. The Bertz CT molecular complexity index is 80.6.